The molecule has 0 radical (unpaired) electrons. The van der Waals surface area contributed by atoms with E-state index in [0.717, 1.165) is 5.39 Å². The van der Waals surface area contributed by atoms with Crippen LogP contribution in [0.25, 0.3) is 11.0 Å². The van der Waals surface area contributed by atoms with Gasteiger partial charge in [0.2, 0.25) is 5.76 Å². The molecular weight excluding hydrogens is 316 g/mol. The molecule has 0 fully saturated rings. The summed E-state index contributed by atoms with van der Waals surface area (Å²) in [7, 11) is 0. The summed E-state index contributed by atoms with van der Waals surface area (Å²) in [6.45, 7) is 1.41. The van der Waals surface area contributed by atoms with Crippen LogP contribution in [0.2, 0.25) is 5.02 Å². The van der Waals surface area contributed by atoms with Gasteiger partial charge in [-0.1, -0.05) is 54.1 Å². The lowest BCUT2D eigenvalue weighted by Crippen LogP contribution is -2.14. The van der Waals surface area contributed by atoms with Crippen molar-refractivity contribution < 1.29 is 18.7 Å². The molecule has 5 heteroatoms. The third-order valence-corrected chi connectivity index (χ3v) is 3.83. The second kappa shape index (κ2) is 6.26. The highest BCUT2D eigenvalue weighted by molar-refractivity contribution is 6.35. The molecule has 0 unspecified atom stereocenters. The highest BCUT2D eigenvalue weighted by atomic mass is 35.5. The molecule has 0 N–H and O–H groups in total. The van der Waals surface area contributed by atoms with Crippen molar-refractivity contribution in [1.82, 2.24) is 0 Å². The van der Waals surface area contributed by atoms with Crippen molar-refractivity contribution in [3.8, 4) is 0 Å². The Labute approximate surface area is 137 Å². The van der Waals surface area contributed by atoms with E-state index in [2.05, 4.69) is 0 Å². The average molecular weight is 329 g/mol. The van der Waals surface area contributed by atoms with Gasteiger partial charge in [0, 0.05) is 16.5 Å². The smallest absolute Gasteiger partial charge is 0.375 e. The third-order valence-electron chi connectivity index (χ3n) is 3.53. The fraction of sp³-hybridized carbons (Fsp3) is 0.111. The maximum absolute atomic E-state index is 12.2. The zero-order valence-electron chi connectivity index (χ0n) is 12.3. The lowest BCUT2D eigenvalue weighted by Gasteiger charge is -2.03. The molecule has 4 nitrogen and oxygen atoms in total. The largest absolute Gasteiger partial charge is 0.451 e. The van der Waals surface area contributed by atoms with E-state index in [-0.39, 0.29) is 18.2 Å². The van der Waals surface area contributed by atoms with Gasteiger partial charge in [0.05, 0.1) is 5.02 Å². The minimum Gasteiger partial charge on any atom is -0.451 e. The summed E-state index contributed by atoms with van der Waals surface area (Å²) >= 11 is 6.05. The minimum absolute atomic E-state index is 0.0639. The number of ketones is 1. The Balaban J connectivity index is 1.78. The Hall–Kier alpha value is -2.59. The lowest BCUT2D eigenvalue weighted by molar-refractivity contribution is 0.0445. The summed E-state index contributed by atoms with van der Waals surface area (Å²) in [5.74, 6) is -0.890. The van der Waals surface area contributed by atoms with Gasteiger partial charge in [-0.2, -0.15) is 0 Å². The van der Waals surface area contributed by atoms with Crippen LogP contribution in [0.3, 0.4) is 0 Å². The number of fused-ring (bicyclic) bond motifs is 1. The molecule has 0 bridgehead atoms. The highest BCUT2D eigenvalue weighted by Crippen LogP contribution is 2.30. The maximum atomic E-state index is 12.2. The van der Waals surface area contributed by atoms with Crippen molar-refractivity contribution in [3.63, 3.8) is 0 Å². The number of furan rings is 1. The monoisotopic (exact) mass is 328 g/mol. The molecule has 1 heterocycles. The highest BCUT2D eigenvalue weighted by Gasteiger charge is 2.21. The van der Waals surface area contributed by atoms with E-state index in [1.165, 1.54) is 0 Å². The first-order chi connectivity index (χ1) is 11.1. The van der Waals surface area contributed by atoms with Crippen molar-refractivity contribution in [1.29, 1.82) is 0 Å². The molecule has 0 aliphatic carbocycles. The normalized spacial score (nSPS) is 10.7. The van der Waals surface area contributed by atoms with Gasteiger partial charge in [0.25, 0.3) is 0 Å². The molecule has 23 heavy (non-hydrogen) atoms. The molecule has 0 saturated heterocycles. The van der Waals surface area contributed by atoms with Crippen LogP contribution < -0.4 is 0 Å². The molecule has 0 amide bonds. The number of carbonyl (C=O) groups is 2. The van der Waals surface area contributed by atoms with Crippen LogP contribution in [0.1, 0.15) is 26.5 Å². The van der Waals surface area contributed by atoms with E-state index < -0.39 is 5.97 Å². The van der Waals surface area contributed by atoms with E-state index in [9.17, 15) is 9.59 Å². The predicted octanol–water partition coefficient (Wildman–Crippen LogP) is 4.43. The van der Waals surface area contributed by atoms with Gasteiger partial charge in [-0.3, -0.25) is 4.79 Å². The van der Waals surface area contributed by atoms with Crippen molar-refractivity contribution in [2.24, 2.45) is 0 Å². The van der Waals surface area contributed by atoms with E-state index in [0.29, 0.717) is 21.7 Å². The van der Waals surface area contributed by atoms with Crippen molar-refractivity contribution in [2.75, 3.05) is 6.61 Å². The SMILES string of the molecule is Cc1c(C(=O)OCC(=O)c2ccccc2)oc2c(Cl)cccc12. The van der Waals surface area contributed by atoms with Crippen LogP contribution in [-0.4, -0.2) is 18.4 Å². The number of halogens is 1. The number of aryl methyl sites for hydroxylation is 1. The first-order valence-electron chi connectivity index (χ1n) is 7.01. The van der Waals surface area contributed by atoms with Crippen molar-refractivity contribution in [3.05, 3.63) is 70.4 Å². The maximum Gasteiger partial charge on any atom is 0.375 e. The van der Waals surface area contributed by atoms with Crippen LogP contribution in [0, 0.1) is 6.92 Å². The van der Waals surface area contributed by atoms with Gasteiger partial charge in [-0.05, 0) is 13.0 Å². The third kappa shape index (κ3) is 2.98. The van der Waals surface area contributed by atoms with Gasteiger partial charge in [0.15, 0.2) is 18.0 Å². The quantitative estimate of drug-likeness (QED) is 0.525. The fourth-order valence-corrected chi connectivity index (χ4v) is 2.52. The zero-order chi connectivity index (χ0) is 16.4. The molecule has 1 aromatic heterocycles. The number of rotatable bonds is 4. The van der Waals surface area contributed by atoms with Gasteiger partial charge in [-0.25, -0.2) is 4.79 Å². The van der Waals surface area contributed by atoms with Crippen molar-refractivity contribution in [2.45, 2.75) is 6.92 Å². The molecule has 116 valence electrons. The van der Waals surface area contributed by atoms with Gasteiger partial charge in [-0.15, -0.1) is 0 Å². The molecule has 0 spiro atoms. The Bertz CT molecular complexity index is 881. The summed E-state index contributed by atoms with van der Waals surface area (Å²) < 4.78 is 10.6. The number of benzene rings is 2. The Kier molecular flexibility index (Phi) is 4.17. The van der Waals surface area contributed by atoms with E-state index in [1.54, 1.807) is 43.3 Å². The van der Waals surface area contributed by atoms with Gasteiger partial charge >= 0.3 is 5.97 Å². The fourth-order valence-electron chi connectivity index (χ4n) is 2.31. The first kappa shape index (κ1) is 15.3. The number of carbonyl (C=O) groups excluding carboxylic acids is 2. The van der Waals surface area contributed by atoms with E-state index in [1.807, 2.05) is 12.1 Å². The Morgan fingerprint density at radius 3 is 2.52 bits per heavy atom. The van der Waals surface area contributed by atoms with E-state index >= 15 is 0 Å². The molecular formula is C18H13ClO4. The average Bonchev–Trinajstić information content (AvgIpc) is 2.92. The number of Topliss-reactive ketones (excluding diaryl/α,β-unsaturated/α-hetero) is 1. The molecule has 0 aliphatic heterocycles. The van der Waals surface area contributed by atoms with Gasteiger partial charge in [0.1, 0.15) is 0 Å². The number of esters is 1. The first-order valence-corrected chi connectivity index (χ1v) is 7.38. The van der Waals surface area contributed by atoms with Crippen molar-refractivity contribution >= 4 is 34.3 Å². The van der Waals surface area contributed by atoms with Crippen LogP contribution in [0.5, 0.6) is 0 Å². The summed E-state index contributed by atoms with van der Waals surface area (Å²) in [5.41, 5.74) is 1.57. The molecule has 0 aliphatic rings. The lowest BCUT2D eigenvalue weighted by atomic mass is 10.1. The molecule has 0 saturated carbocycles. The van der Waals surface area contributed by atoms with Gasteiger partial charge < -0.3 is 9.15 Å². The second-order valence-electron chi connectivity index (χ2n) is 5.04. The standard InChI is InChI=1S/C18H13ClO4/c1-11-13-8-5-9-14(19)17(13)23-16(11)18(21)22-10-15(20)12-6-3-2-4-7-12/h2-9H,10H2,1H3. The Morgan fingerprint density at radius 1 is 1.09 bits per heavy atom. The van der Waals surface area contributed by atoms with Crippen LogP contribution >= 0.6 is 11.6 Å². The minimum atomic E-state index is -0.681. The number of ether oxygens (including phenoxy) is 1. The van der Waals surface area contributed by atoms with Crippen LogP contribution in [0.4, 0.5) is 0 Å². The van der Waals surface area contributed by atoms with Crippen LogP contribution in [-0.2, 0) is 4.74 Å². The summed E-state index contributed by atoms with van der Waals surface area (Å²) in [5, 5.41) is 1.17. The summed E-state index contributed by atoms with van der Waals surface area (Å²) in [4.78, 5) is 24.1. The van der Waals surface area contributed by atoms with E-state index in [4.69, 9.17) is 20.8 Å². The van der Waals surface area contributed by atoms with Crippen LogP contribution in [0.15, 0.2) is 52.9 Å². The Morgan fingerprint density at radius 2 is 1.83 bits per heavy atom. The number of para-hydroxylation sites is 1. The second-order valence-corrected chi connectivity index (χ2v) is 5.45. The summed E-state index contributed by atoms with van der Waals surface area (Å²) in [6, 6.07) is 13.9. The zero-order valence-corrected chi connectivity index (χ0v) is 13.1. The number of hydrogen-bond donors (Lipinski definition) is 0. The topological polar surface area (TPSA) is 56.5 Å². The predicted molar refractivity (Wildman–Crippen MR) is 87.0 cm³/mol. The molecule has 3 rings (SSSR count). The number of hydrogen-bond acceptors (Lipinski definition) is 4. The molecule has 2 aromatic carbocycles. The summed E-state index contributed by atoms with van der Waals surface area (Å²) in [6.07, 6.45) is 0. The molecule has 3 aromatic rings. The molecule has 0 atom stereocenters.